The number of primary amides is 1. The lowest BCUT2D eigenvalue weighted by molar-refractivity contribution is -0.384. The van der Waals surface area contributed by atoms with Gasteiger partial charge in [0, 0.05) is 42.4 Å². The molecule has 1 fully saturated rings. The quantitative estimate of drug-likeness (QED) is 0.484. The Kier molecular flexibility index (Phi) is 4.68. The van der Waals surface area contributed by atoms with Gasteiger partial charge in [-0.15, -0.1) is 10.2 Å². The van der Waals surface area contributed by atoms with Gasteiger partial charge >= 0.3 is 0 Å². The number of carbonyl (C=O) groups is 1. The van der Waals surface area contributed by atoms with Crippen molar-refractivity contribution >= 4 is 23.5 Å². The van der Waals surface area contributed by atoms with E-state index in [1.165, 1.54) is 35.7 Å². The average molecular weight is 343 g/mol. The molecule has 2 N–H and O–H groups in total. The van der Waals surface area contributed by atoms with E-state index in [4.69, 9.17) is 5.73 Å². The smallest absolute Gasteiger partial charge is 0.270 e. The highest BCUT2D eigenvalue weighted by Gasteiger charge is 2.24. The van der Waals surface area contributed by atoms with Gasteiger partial charge in [-0.05, 0) is 18.9 Å². The Labute approximate surface area is 143 Å². The summed E-state index contributed by atoms with van der Waals surface area (Å²) in [7, 11) is 0. The summed E-state index contributed by atoms with van der Waals surface area (Å²) in [4.78, 5) is 24.0. The van der Waals surface area contributed by atoms with E-state index in [1.807, 2.05) is 0 Å². The normalized spacial score (nSPS) is 15.6. The average Bonchev–Trinajstić information content (AvgIpc) is 3.13. The molecule has 130 valence electrons. The van der Waals surface area contributed by atoms with Gasteiger partial charge < -0.3 is 10.6 Å². The van der Waals surface area contributed by atoms with Gasteiger partial charge in [0.2, 0.25) is 5.91 Å². The van der Waals surface area contributed by atoms with Crippen molar-refractivity contribution in [3.8, 4) is 0 Å². The van der Waals surface area contributed by atoms with Crippen LogP contribution in [0.5, 0.6) is 0 Å². The zero-order valence-electron chi connectivity index (χ0n) is 13.4. The topological polar surface area (TPSA) is 133 Å². The first kappa shape index (κ1) is 16.6. The maximum atomic E-state index is 11.3. The molecule has 1 aromatic carbocycles. The lowest BCUT2D eigenvalue weighted by Gasteiger charge is -2.33. The van der Waals surface area contributed by atoms with Crippen LogP contribution in [0, 0.1) is 16.0 Å². The number of benzene rings is 1. The molecule has 10 nitrogen and oxygen atoms in total. The lowest BCUT2D eigenvalue weighted by atomic mass is 9.95. The van der Waals surface area contributed by atoms with Crippen LogP contribution in [0.3, 0.4) is 0 Å². The maximum Gasteiger partial charge on any atom is 0.270 e. The molecule has 0 saturated carbocycles. The molecule has 0 bridgehead atoms. The maximum absolute atomic E-state index is 11.3. The van der Waals surface area contributed by atoms with E-state index in [0.29, 0.717) is 31.5 Å². The third-order valence-corrected chi connectivity index (χ3v) is 4.20. The highest BCUT2D eigenvalue weighted by molar-refractivity contribution is 5.89. The number of nitro groups is 1. The minimum atomic E-state index is -0.445. The van der Waals surface area contributed by atoms with Crippen LogP contribution in [-0.2, 0) is 4.79 Å². The number of piperidine rings is 1. The van der Waals surface area contributed by atoms with Gasteiger partial charge in [0.25, 0.3) is 5.69 Å². The fraction of sp³-hybridized carbons (Fsp3) is 0.333. The summed E-state index contributed by atoms with van der Waals surface area (Å²) in [6.45, 7) is 1.30. The first-order valence-corrected chi connectivity index (χ1v) is 7.76. The number of anilines is 1. The van der Waals surface area contributed by atoms with Crippen LogP contribution in [0.15, 0.2) is 36.0 Å². The molecule has 1 saturated heterocycles. The molecule has 1 aliphatic heterocycles. The van der Waals surface area contributed by atoms with Gasteiger partial charge in [-0.1, -0.05) is 0 Å². The van der Waals surface area contributed by atoms with E-state index in [1.54, 1.807) is 6.07 Å². The van der Waals surface area contributed by atoms with Crippen LogP contribution in [-0.4, -0.2) is 45.0 Å². The van der Waals surface area contributed by atoms with Crippen molar-refractivity contribution in [3.05, 3.63) is 46.5 Å². The Morgan fingerprint density at radius 2 is 2.00 bits per heavy atom. The number of nitrogens with zero attached hydrogens (tertiary/aromatic N) is 6. The fourth-order valence-electron chi connectivity index (χ4n) is 2.84. The number of rotatable bonds is 5. The molecule has 0 unspecified atom stereocenters. The van der Waals surface area contributed by atoms with Crippen molar-refractivity contribution in [2.24, 2.45) is 16.8 Å². The van der Waals surface area contributed by atoms with Crippen LogP contribution >= 0.6 is 0 Å². The number of nitrogens with two attached hydrogens (primary N) is 1. The van der Waals surface area contributed by atoms with E-state index >= 15 is 0 Å². The van der Waals surface area contributed by atoms with Gasteiger partial charge in [0.1, 0.15) is 12.7 Å². The van der Waals surface area contributed by atoms with Crippen LogP contribution in [0.4, 0.5) is 11.4 Å². The monoisotopic (exact) mass is 343 g/mol. The van der Waals surface area contributed by atoms with E-state index < -0.39 is 4.92 Å². The van der Waals surface area contributed by atoms with Crippen molar-refractivity contribution in [2.45, 2.75) is 12.8 Å². The highest BCUT2D eigenvalue weighted by atomic mass is 16.6. The van der Waals surface area contributed by atoms with Gasteiger partial charge in [-0.25, -0.2) is 4.68 Å². The van der Waals surface area contributed by atoms with Gasteiger partial charge in [-0.3, -0.25) is 14.9 Å². The molecule has 3 rings (SSSR count). The van der Waals surface area contributed by atoms with E-state index in [-0.39, 0.29) is 17.5 Å². The number of nitro benzene ring substituents is 1. The summed E-state index contributed by atoms with van der Waals surface area (Å²) in [5.74, 6) is -0.402. The molecule has 0 spiro atoms. The SMILES string of the molecule is NC(=O)C1CCN(c2ccc([N+](=O)[O-])cc2/C=N\n2cnnc2)CC1. The molecule has 2 aromatic rings. The molecule has 0 atom stereocenters. The molecular weight excluding hydrogens is 326 g/mol. The predicted octanol–water partition coefficient (Wildman–Crippen LogP) is 0.770. The summed E-state index contributed by atoms with van der Waals surface area (Å²) in [6.07, 6.45) is 5.70. The predicted molar refractivity (Wildman–Crippen MR) is 90.2 cm³/mol. The molecule has 10 heteroatoms. The van der Waals surface area contributed by atoms with Crippen molar-refractivity contribution in [1.29, 1.82) is 0 Å². The lowest BCUT2D eigenvalue weighted by Crippen LogP contribution is -2.38. The first-order chi connectivity index (χ1) is 12.0. The van der Waals surface area contributed by atoms with E-state index in [9.17, 15) is 14.9 Å². The van der Waals surface area contributed by atoms with Crippen molar-refractivity contribution < 1.29 is 9.72 Å². The molecule has 0 radical (unpaired) electrons. The molecular formula is C15H17N7O3. The zero-order chi connectivity index (χ0) is 17.8. The van der Waals surface area contributed by atoms with E-state index in [2.05, 4.69) is 20.2 Å². The molecule has 1 aliphatic rings. The first-order valence-electron chi connectivity index (χ1n) is 7.76. The van der Waals surface area contributed by atoms with Gasteiger partial charge in [0.15, 0.2) is 0 Å². The molecule has 1 amide bonds. The number of aromatic nitrogens is 3. The Morgan fingerprint density at radius 1 is 1.32 bits per heavy atom. The highest BCUT2D eigenvalue weighted by Crippen LogP contribution is 2.28. The van der Waals surface area contributed by atoms with Crippen LogP contribution in [0.2, 0.25) is 0 Å². The number of hydrogen-bond acceptors (Lipinski definition) is 7. The molecule has 25 heavy (non-hydrogen) atoms. The van der Waals surface area contributed by atoms with Crippen LogP contribution in [0.25, 0.3) is 0 Å². The number of non-ortho nitro benzene ring substituents is 1. The summed E-state index contributed by atoms with van der Waals surface area (Å²) in [5, 5.41) is 22.5. The minimum absolute atomic E-state index is 0.0130. The number of amides is 1. The number of hydrogen-bond donors (Lipinski definition) is 1. The number of carbonyl (C=O) groups excluding carboxylic acids is 1. The standard InChI is InChI=1S/C15H17N7O3/c16-15(23)11-3-5-20(6-4-11)14-2-1-13(22(24)25)7-12(14)8-19-21-9-17-18-10-21/h1-2,7-11H,3-6H2,(H2,16,23)/b19-8-. The van der Waals surface area contributed by atoms with Gasteiger partial charge in [-0.2, -0.15) is 5.10 Å². The second-order valence-corrected chi connectivity index (χ2v) is 5.75. The summed E-state index contributed by atoms with van der Waals surface area (Å²) in [6, 6.07) is 4.64. The Morgan fingerprint density at radius 3 is 2.60 bits per heavy atom. The third-order valence-electron chi connectivity index (χ3n) is 4.20. The van der Waals surface area contributed by atoms with Crippen molar-refractivity contribution in [1.82, 2.24) is 14.9 Å². The van der Waals surface area contributed by atoms with Crippen LogP contribution in [0.1, 0.15) is 18.4 Å². The Balaban J connectivity index is 1.87. The third kappa shape index (κ3) is 3.79. The Hall–Kier alpha value is -3.30. The minimum Gasteiger partial charge on any atom is -0.371 e. The summed E-state index contributed by atoms with van der Waals surface area (Å²) >= 11 is 0. The van der Waals surface area contributed by atoms with Gasteiger partial charge in [0.05, 0.1) is 11.1 Å². The Bertz CT molecular complexity index is 795. The molecule has 2 heterocycles. The fourth-order valence-corrected chi connectivity index (χ4v) is 2.84. The molecule has 0 aliphatic carbocycles. The van der Waals surface area contributed by atoms with E-state index in [0.717, 1.165) is 5.69 Å². The second-order valence-electron chi connectivity index (χ2n) is 5.75. The summed E-state index contributed by atoms with van der Waals surface area (Å²) < 4.78 is 1.40. The second kappa shape index (κ2) is 7.07. The van der Waals surface area contributed by atoms with Crippen LogP contribution < -0.4 is 10.6 Å². The zero-order valence-corrected chi connectivity index (χ0v) is 13.4. The van der Waals surface area contributed by atoms with Crippen molar-refractivity contribution in [3.63, 3.8) is 0 Å². The van der Waals surface area contributed by atoms with Crippen molar-refractivity contribution in [2.75, 3.05) is 18.0 Å². The largest absolute Gasteiger partial charge is 0.371 e. The summed E-state index contributed by atoms with van der Waals surface area (Å²) in [5.41, 5.74) is 6.79. The molecule has 1 aromatic heterocycles.